The molecule has 1 aromatic carbocycles. The van der Waals surface area contributed by atoms with Gasteiger partial charge in [0.15, 0.2) is 0 Å². The van der Waals surface area contributed by atoms with E-state index in [4.69, 9.17) is 0 Å². The van der Waals surface area contributed by atoms with Crippen molar-refractivity contribution in [2.24, 2.45) is 5.41 Å². The van der Waals surface area contributed by atoms with Gasteiger partial charge in [-0.15, -0.1) is 0 Å². The molecule has 1 saturated heterocycles. The number of piperidine rings is 1. The number of hydrogen-bond donors (Lipinski definition) is 3. The van der Waals surface area contributed by atoms with E-state index in [0.29, 0.717) is 12.3 Å². The minimum Gasteiger partial charge on any atom is -0.508 e. The van der Waals surface area contributed by atoms with Crippen LogP contribution in [0, 0.1) is 5.41 Å². The summed E-state index contributed by atoms with van der Waals surface area (Å²) in [5, 5.41) is 29.4. The standard InChI is InChI=1S/C17H27NO3/c1-2-8-17(13-19)9-11-18(12-16(17)21)10-7-14-3-5-15(20)6-4-14/h3-6,16,19-21H,2,7-13H2,1H3/t16-,17-/m1/s1. The summed E-state index contributed by atoms with van der Waals surface area (Å²) in [7, 11) is 0. The quantitative estimate of drug-likeness (QED) is 0.748. The Kier molecular flexibility index (Phi) is 5.62. The third-order valence-corrected chi connectivity index (χ3v) is 4.78. The summed E-state index contributed by atoms with van der Waals surface area (Å²) in [5.41, 5.74) is 0.888. The van der Waals surface area contributed by atoms with Crippen molar-refractivity contribution in [2.45, 2.75) is 38.7 Å². The first kappa shape index (κ1) is 16.3. The lowest BCUT2D eigenvalue weighted by molar-refractivity contribution is -0.0781. The highest BCUT2D eigenvalue weighted by Gasteiger charge is 2.40. The average molecular weight is 293 g/mol. The molecule has 0 spiro atoms. The normalized spacial score (nSPS) is 26.9. The van der Waals surface area contributed by atoms with Crippen LogP contribution in [0.4, 0.5) is 0 Å². The molecule has 4 nitrogen and oxygen atoms in total. The molecule has 118 valence electrons. The van der Waals surface area contributed by atoms with Crippen molar-refractivity contribution < 1.29 is 15.3 Å². The molecule has 4 heteroatoms. The molecule has 1 aromatic rings. The molecule has 0 amide bonds. The highest BCUT2D eigenvalue weighted by molar-refractivity contribution is 5.26. The molecular weight excluding hydrogens is 266 g/mol. The average Bonchev–Trinajstić information content (AvgIpc) is 2.49. The second kappa shape index (κ2) is 7.25. The van der Waals surface area contributed by atoms with Crippen molar-refractivity contribution in [1.82, 2.24) is 4.90 Å². The SMILES string of the molecule is CCC[C@]1(CO)CCN(CCc2ccc(O)cc2)C[C@H]1O. The molecule has 0 bridgehead atoms. The lowest BCUT2D eigenvalue weighted by atomic mass is 9.73. The molecule has 2 atom stereocenters. The monoisotopic (exact) mass is 293 g/mol. The number of aliphatic hydroxyl groups is 2. The van der Waals surface area contributed by atoms with Gasteiger partial charge in [0.25, 0.3) is 0 Å². The van der Waals surface area contributed by atoms with Crippen LogP contribution in [-0.2, 0) is 6.42 Å². The van der Waals surface area contributed by atoms with Gasteiger partial charge in [0.2, 0.25) is 0 Å². The van der Waals surface area contributed by atoms with Gasteiger partial charge in [0.05, 0.1) is 12.7 Å². The van der Waals surface area contributed by atoms with Crippen LogP contribution in [0.25, 0.3) is 0 Å². The summed E-state index contributed by atoms with van der Waals surface area (Å²) in [6.07, 6.45) is 3.19. The number of likely N-dealkylation sites (tertiary alicyclic amines) is 1. The summed E-state index contributed by atoms with van der Waals surface area (Å²) in [4.78, 5) is 2.26. The highest BCUT2D eigenvalue weighted by atomic mass is 16.3. The lowest BCUT2D eigenvalue weighted by Gasteiger charge is -2.44. The molecule has 0 radical (unpaired) electrons. The predicted molar refractivity (Wildman–Crippen MR) is 83.3 cm³/mol. The van der Waals surface area contributed by atoms with Gasteiger partial charge < -0.3 is 20.2 Å². The van der Waals surface area contributed by atoms with Gasteiger partial charge >= 0.3 is 0 Å². The maximum atomic E-state index is 10.4. The van der Waals surface area contributed by atoms with E-state index in [1.165, 1.54) is 5.56 Å². The van der Waals surface area contributed by atoms with E-state index in [0.717, 1.165) is 38.8 Å². The Labute approximate surface area is 127 Å². The number of aromatic hydroxyl groups is 1. The van der Waals surface area contributed by atoms with Crippen LogP contribution in [-0.4, -0.2) is 52.6 Å². The minimum atomic E-state index is -0.448. The van der Waals surface area contributed by atoms with Crippen LogP contribution >= 0.6 is 0 Å². The summed E-state index contributed by atoms with van der Waals surface area (Å²) >= 11 is 0. The summed E-state index contributed by atoms with van der Waals surface area (Å²) in [6.45, 7) is 4.64. The Hall–Kier alpha value is -1.10. The van der Waals surface area contributed by atoms with Crippen LogP contribution in [0.3, 0.4) is 0 Å². The first-order chi connectivity index (χ1) is 10.1. The molecule has 0 saturated carbocycles. The summed E-state index contributed by atoms with van der Waals surface area (Å²) in [6, 6.07) is 7.28. The third-order valence-electron chi connectivity index (χ3n) is 4.78. The first-order valence-corrected chi connectivity index (χ1v) is 7.89. The van der Waals surface area contributed by atoms with Crippen LogP contribution in [0.5, 0.6) is 5.75 Å². The zero-order chi connectivity index (χ0) is 15.3. The topological polar surface area (TPSA) is 63.9 Å². The van der Waals surface area contributed by atoms with Crippen molar-refractivity contribution in [2.75, 3.05) is 26.2 Å². The van der Waals surface area contributed by atoms with Gasteiger partial charge in [-0.25, -0.2) is 0 Å². The molecule has 1 aliphatic heterocycles. The molecule has 0 aliphatic carbocycles. The van der Waals surface area contributed by atoms with E-state index < -0.39 is 6.10 Å². The zero-order valence-corrected chi connectivity index (χ0v) is 12.8. The predicted octanol–water partition coefficient (Wildman–Crippen LogP) is 1.78. The molecule has 0 unspecified atom stereocenters. The van der Waals surface area contributed by atoms with Gasteiger partial charge in [-0.05, 0) is 43.5 Å². The molecule has 1 aliphatic rings. The second-order valence-electron chi connectivity index (χ2n) is 6.25. The molecule has 1 fully saturated rings. The Morgan fingerprint density at radius 1 is 1.29 bits per heavy atom. The molecule has 0 aromatic heterocycles. The van der Waals surface area contributed by atoms with Crippen LogP contribution < -0.4 is 0 Å². The van der Waals surface area contributed by atoms with Crippen LogP contribution in [0.1, 0.15) is 31.7 Å². The van der Waals surface area contributed by atoms with Gasteiger partial charge in [0.1, 0.15) is 5.75 Å². The van der Waals surface area contributed by atoms with E-state index in [1.54, 1.807) is 12.1 Å². The number of benzene rings is 1. The van der Waals surface area contributed by atoms with Gasteiger partial charge in [-0.1, -0.05) is 25.5 Å². The van der Waals surface area contributed by atoms with Crippen LogP contribution in [0.2, 0.25) is 0 Å². The lowest BCUT2D eigenvalue weighted by Crippen LogP contribution is -2.53. The Balaban J connectivity index is 1.86. The molecule has 1 heterocycles. The van der Waals surface area contributed by atoms with Crippen molar-refractivity contribution >= 4 is 0 Å². The number of hydrogen-bond acceptors (Lipinski definition) is 4. The fourth-order valence-electron chi connectivity index (χ4n) is 3.28. The minimum absolute atomic E-state index is 0.0772. The second-order valence-corrected chi connectivity index (χ2v) is 6.25. The van der Waals surface area contributed by atoms with Gasteiger partial charge in [-0.3, -0.25) is 0 Å². The smallest absolute Gasteiger partial charge is 0.115 e. The number of rotatable bonds is 6. The summed E-state index contributed by atoms with van der Waals surface area (Å²) in [5.74, 6) is 0.291. The van der Waals surface area contributed by atoms with Gasteiger partial charge in [-0.2, -0.15) is 0 Å². The zero-order valence-electron chi connectivity index (χ0n) is 12.8. The number of phenols is 1. The third kappa shape index (κ3) is 3.96. The summed E-state index contributed by atoms with van der Waals surface area (Å²) < 4.78 is 0. The fraction of sp³-hybridized carbons (Fsp3) is 0.647. The highest BCUT2D eigenvalue weighted by Crippen LogP contribution is 2.36. The molecule has 3 N–H and O–H groups in total. The largest absolute Gasteiger partial charge is 0.508 e. The Bertz CT molecular complexity index is 434. The number of nitrogens with zero attached hydrogens (tertiary/aromatic N) is 1. The first-order valence-electron chi connectivity index (χ1n) is 7.89. The number of phenolic OH excluding ortho intramolecular Hbond substituents is 1. The Morgan fingerprint density at radius 3 is 2.57 bits per heavy atom. The van der Waals surface area contributed by atoms with E-state index >= 15 is 0 Å². The van der Waals surface area contributed by atoms with E-state index in [2.05, 4.69) is 11.8 Å². The van der Waals surface area contributed by atoms with Crippen molar-refractivity contribution in [3.63, 3.8) is 0 Å². The van der Waals surface area contributed by atoms with Crippen molar-refractivity contribution in [1.29, 1.82) is 0 Å². The van der Waals surface area contributed by atoms with Crippen LogP contribution in [0.15, 0.2) is 24.3 Å². The Morgan fingerprint density at radius 2 is 2.00 bits per heavy atom. The van der Waals surface area contributed by atoms with E-state index in [9.17, 15) is 15.3 Å². The number of β-amino-alcohol motifs (C(OH)–C–C–N with tert-alkyl or cyclic N) is 1. The van der Waals surface area contributed by atoms with Gasteiger partial charge in [0, 0.05) is 18.5 Å². The molecular formula is C17H27NO3. The number of aliphatic hydroxyl groups excluding tert-OH is 2. The maximum absolute atomic E-state index is 10.4. The van der Waals surface area contributed by atoms with E-state index in [1.807, 2.05) is 12.1 Å². The van der Waals surface area contributed by atoms with Crippen molar-refractivity contribution in [3.8, 4) is 5.75 Å². The molecule has 2 rings (SSSR count). The fourth-order valence-corrected chi connectivity index (χ4v) is 3.28. The van der Waals surface area contributed by atoms with E-state index in [-0.39, 0.29) is 12.0 Å². The molecule has 21 heavy (non-hydrogen) atoms. The maximum Gasteiger partial charge on any atom is 0.115 e. The van der Waals surface area contributed by atoms with Crippen molar-refractivity contribution in [3.05, 3.63) is 29.8 Å².